The third kappa shape index (κ3) is 0.922. The summed E-state index contributed by atoms with van der Waals surface area (Å²) in [6.45, 7) is 2.05. The molecule has 4 nitrogen and oxygen atoms in total. The van der Waals surface area contributed by atoms with E-state index in [0.29, 0.717) is 5.49 Å². The molecule has 0 unspecified atom stereocenters. The summed E-state index contributed by atoms with van der Waals surface area (Å²) < 4.78 is 1.57. The third-order valence-corrected chi connectivity index (χ3v) is 1.85. The summed E-state index contributed by atoms with van der Waals surface area (Å²) in [6, 6.07) is 3.65. The lowest BCUT2D eigenvalue weighted by Crippen LogP contribution is -2.15. The van der Waals surface area contributed by atoms with Gasteiger partial charge in [-0.1, -0.05) is 6.92 Å². The fraction of sp³-hybridized carbons (Fsp3) is 0.250. The molecule has 0 aromatic carbocycles. The number of hydrogen-bond acceptors (Lipinski definition) is 2. The Balaban J connectivity index is 2.84. The standard InChI is InChI=1S/C8H10N4/c1-2-6-5-7(9)12-8(11-6)3-4-10-12/h3-5,9,11H,2H2,1H3. The summed E-state index contributed by atoms with van der Waals surface area (Å²) in [7, 11) is 0. The van der Waals surface area contributed by atoms with Crippen LogP contribution in [0.5, 0.6) is 0 Å². The zero-order valence-electron chi connectivity index (χ0n) is 6.83. The molecular formula is C8H10N4. The maximum absolute atomic E-state index is 7.60. The van der Waals surface area contributed by atoms with Gasteiger partial charge in [-0.15, -0.1) is 0 Å². The van der Waals surface area contributed by atoms with Gasteiger partial charge in [0.2, 0.25) is 0 Å². The summed E-state index contributed by atoms with van der Waals surface area (Å²) in [6.07, 6.45) is 2.59. The first-order chi connectivity index (χ1) is 5.81. The Labute approximate surface area is 69.4 Å². The minimum atomic E-state index is 0.422. The van der Waals surface area contributed by atoms with E-state index < -0.39 is 0 Å². The quantitative estimate of drug-likeness (QED) is 0.637. The van der Waals surface area contributed by atoms with Gasteiger partial charge in [0.15, 0.2) is 0 Å². The van der Waals surface area contributed by atoms with Crippen LogP contribution in [0, 0.1) is 5.41 Å². The monoisotopic (exact) mass is 162 g/mol. The summed E-state index contributed by atoms with van der Waals surface area (Å²) in [5.41, 5.74) is 2.36. The molecule has 0 atom stereocenters. The van der Waals surface area contributed by atoms with Gasteiger partial charge in [0.05, 0.1) is 6.20 Å². The van der Waals surface area contributed by atoms with E-state index in [1.165, 1.54) is 0 Å². The van der Waals surface area contributed by atoms with E-state index in [1.54, 1.807) is 16.8 Å². The van der Waals surface area contributed by atoms with Gasteiger partial charge in [0.1, 0.15) is 11.1 Å². The first kappa shape index (κ1) is 7.09. The van der Waals surface area contributed by atoms with E-state index in [9.17, 15) is 0 Å². The number of fused-ring (bicyclic) bond motifs is 1. The molecule has 0 spiro atoms. The van der Waals surface area contributed by atoms with Crippen molar-refractivity contribution in [2.45, 2.75) is 13.3 Å². The third-order valence-electron chi connectivity index (χ3n) is 1.85. The molecule has 0 aliphatic heterocycles. The minimum Gasteiger partial charge on any atom is -0.343 e. The fourth-order valence-electron chi connectivity index (χ4n) is 1.21. The molecule has 0 saturated carbocycles. The number of nitrogens with zero attached hydrogens (tertiary/aromatic N) is 2. The molecule has 2 aromatic rings. The molecule has 2 heterocycles. The highest BCUT2D eigenvalue weighted by molar-refractivity contribution is 5.35. The Morgan fingerprint density at radius 3 is 3.25 bits per heavy atom. The highest BCUT2D eigenvalue weighted by Crippen LogP contribution is 1.96. The average Bonchev–Trinajstić information content (AvgIpc) is 2.52. The zero-order valence-corrected chi connectivity index (χ0v) is 6.83. The molecule has 62 valence electrons. The molecule has 2 aromatic heterocycles. The van der Waals surface area contributed by atoms with Crippen molar-refractivity contribution < 1.29 is 0 Å². The van der Waals surface area contributed by atoms with Crippen LogP contribution in [-0.4, -0.2) is 14.6 Å². The van der Waals surface area contributed by atoms with Crippen LogP contribution in [0.15, 0.2) is 18.3 Å². The Bertz CT molecular complexity index is 451. The molecule has 0 saturated heterocycles. The van der Waals surface area contributed by atoms with E-state index >= 15 is 0 Å². The molecule has 0 amide bonds. The fourth-order valence-corrected chi connectivity index (χ4v) is 1.21. The molecule has 0 aliphatic carbocycles. The molecule has 2 rings (SSSR count). The van der Waals surface area contributed by atoms with E-state index in [1.807, 2.05) is 6.07 Å². The van der Waals surface area contributed by atoms with Crippen LogP contribution >= 0.6 is 0 Å². The van der Waals surface area contributed by atoms with Crippen LogP contribution < -0.4 is 5.49 Å². The molecule has 0 radical (unpaired) electrons. The van der Waals surface area contributed by atoms with Crippen molar-refractivity contribution in [1.82, 2.24) is 14.6 Å². The summed E-state index contributed by atoms with van der Waals surface area (Å²) >= 11 is 0. The summed E-state index contributed by atoms with van der Waals surface area (Å²) in [4.78, 5) is 3.18. The molecule has 0 fully saturated rings. The van der Waals surface area contributed by atoms with Crippen molar-refractivity contribution in [2.75, 3.05) is 0 Å². The Hall–Kier alpha value is -1.58. The van der Waals surface area contributed by atoms with Crippen LogP contribution in [-0.2, 0) is 6.42 Å². The molecule has 0 aliphatic rings. The Kier molecular flexibility index (Phi) is 1.46. The first-order valence-corrected chi connectivity index (χ1v) is 3.92. The predicted octanol–water partition coefficient (Wildman–Crippen LogP) is 0.704. The van der Waals surface area contributed by atoms with Crippen molar-refractivity contribution in [3.8, 4) is 0 Å². The van der Waals surface area contributed by atoms with E-state index in [-0.39, 0.29) is 0 Å². The van der Waals surface area contributed by atoms with Crippen molar-refractivity contribution >= 4 is 5.65 Å². The number of aryl methyl sites for hydroxylation is 1. The normalized spacial score (nSPS) is 10.8. The van der Waals surface area contributed by atoms with E-state index in [2.05, 4.69) is 17.0 Å². The van der Waals surface area contributed by atoms with Crippen LogP contribution in [0.4, 0.5) is 0 Å². The maximum atomic E-state index is 7.60. The largest absolute Gasteiger partial charge is 0.343 e. The number of nitrogens with one attached hydrogen (secondary N) is 2. The summed E-state index contributed by atoms with van der Waals surface area (Å²) in [5.74, 6) is 0. The lowest BCUT2D eigenvalue weighted by Gasteiger charge is -1.98. The van der Waals surface area contributed by atoms with Crippen molar-refractivity contribution in [3.63, 3.8) is 0 Å². The second-order valence-corrected chi connectivity index (χ2v) is 2.66. The van der Waals surface area contributed by atoms with Crippen LogP contribution in [0.2, 0.25) is 0 Å². The van der Waals surface area contributed by atoms with Crippen molar-refractivity contribution in [3.05, 3.63) is 29.5 Å². The number of H-pyrrole nitrogens is 1. The summed E-state index contributed by atoms with van der Waals surface area (Å²) in [5, 5.41) is 11.6. The number of hydrogen-bond donors (Lipinski definition) is 2. The number of rotatable bonds is 1. The highest BCUT2D eigenvalue weighted by atomic mass is 15.2. The van der Waals surface area contributed by atoms with Gasteiger partial charge in [0.25, 0.3) is 0 Å². The highest BCUT2D eigenvalue weighted by Gasteiger charge is 1.96. The van der Waals surface area contributed by atoms with Gasteiger partial charge in [-0.3, -0.25) is 5.41 Å². The molecule has 4 heteroatoms. The number of aromatic amines is 1. The molecule has 12 heavy (non-hydrogen) atoms. The molecule has 0 bridgehead atoms. The average molecular weight is 162 g/mol. The predicted molar refractivity (Wildman–Crippen MR) is 44.8 cm³/mol. The lowest BCUT2D eigenvalue weighted by atomic mass is 10.3. The number of aromatic nitrogens is 3. The van der Waals surface area contributed by atoms with Crippen molar-refractivity contribution in [1.29, 1.82) is 5.41 Å². The first-order valence-electron chi connectivity index (χ1n) is 3.92. The minimum absolute atomic E-state index is 0.422. The van der Waals surface area contributed by atoms with Gasteiger partial charge < -0.3 is 4.98 Å². The zero-order chi connectivity index (χ0) is 8.55. The molecule has 2 N–H and O–H groups in total. The molecular weight excluding hydrogens is 152 g/mol. The van der Waals surface area contributed by atoms with Crippen LogP contribution in [0.3, 0.4) is 0 Å². The van der Waals surface area contributed by atoms with Crippen LogP contribution in [0.1, 0.15) is 12.6 Å². The van der Waals surface area contributed by atoms with Gasteiger partial charge in [-0.2, -0.15) is 9.61 Å². The van der Waals surface area contributed by atoms with E-state index in [4.69, 9.17) is 5.41 Å². The van der Waals surface area contributed by atoms with Gasteiger partial charge in [-0.05, 0) is 6.42 Å². The SMILES string of the molecule is CCc1cc(=N)n2nccc2[nH]1. The van der Waals surface area contributed by atoms with Gasteiger partial charge >= 0.3 is 0 Å². The Morgan fingerprint density at radius 1 is 1.67 bits per heavy atom. The van der Waals surface area contributed by atoms with E-state index in [0.717, 1.165) is 17.8 Å². The smallest absolute Gasteiger partial charge is 0.150 e. The second-order valence-electron chi connectivity index (χ2n) is 2.66. The van der Waals surface area contributed by atoms with Crippen LogP contribution in [0.25, 0.3) is 5.65 Å². The lowest BCUT2D eigenvalue weighted by molar-refractivity contribution is 0.837. The van der Waals surface area contributed by atoms with Gasteiger partial charge in [0, 0.05) is 17.8 Å². The topological polar surface area (TPSA) is 56.9 Å². The maximum Gasteiger partial charge on any atom is 0.150 e. The van der Waals surface area contributed by atoms with Crippen molar-refractivity contribution in [2.24, 2.45) is 0 Å². The Morgan fingerprint density at radius 2 is 2.50 bits per heavy atom. The second kappa shape index (κ2) is 2.48. The van der Waals surface area contributed by atoms with Gasteiger partial charge in [-0.25, -0.2) is 0 Å².